The molecule has 4 rings (SSSR count). The molecular weight excluding hydrogens is 431 g/mol. The number of fused-ring (bicyclic) bond motifs is 1. The normalized spacial score (nSPS) is 28.6. The average molecular weight is 456 g/mol. The number of aliphatic hydroxyl groups excluding tert-OH is 2. The van der Waals surface area contributed by atoms with E-state index in [1.54, 1.807) is 0 Å². The van der Waals surface area contributed by atoms with Gasteiger partial charge in [0.1, 0.15) is 24.6 Å². The van der Waals surface area contributed by atoms with E-state index in [9.17, 15) is 24.5 Å². The van der Waals surface area contributed by atoms with Crippen LogP contribution < -0.4 is 10.6 Å². The Labute approximate surface area is 177 Å². The van der Waals surface area contributed by atoms with Crippen LogP contribution in [0.3, 0.4) is 0 Å². The molecule has 31 heavy (non-hydrogen) atoms. The molecule has 2 fully saturated rings. The lowest BCUT2D eigenvalue weighted by Crippen LogP contribution is -2.36. The van der Waals surface area contributed by atoms with Gasteiger partial charge in [-0.15, -0.1) is 0 Å². The minimum atomic E-state index is -3.77. The van der Waals surface area contributed by atoms with Gasteiger partial charge in [-0.1, -0.05) is 12.8 Å². The van der Waals surface area contributed by atoms with Gasteiger partial charge in [-0.2, -0.15) is 0 Å². The third-order valence-electron chi connectivity index (χ3n) is 5.37. The number of ether oxygens (including phenoxy) is 1. The molecule has 5 N–H and O–H groups in total. The van der Waals surface area contributed by atoms with E-state index >= 15 is 0 Å². The zero-order valence-electron chi connectivity index (χ0n) is 16.8. The third kappa shape index (κ3) is 4.86. The lowest BCUT2D eigenvalue weighted by atomic mass is 10.1. The van der Waals surface area contributed by atoms with Crippen LogP contribution in [0.25, 0.3) is 11.2 Å². The highest BCUT2D eigenvalue weighted by Crippen LogP contribution is 2.39. The largest absolute Gasteiger partial charge is 0.387 e. The van der Waals surface area contributed by atoms with Crippen molar-refractivity contribution in [3.63, 3.8) is 0 Å². The van der Waals surface area contributed by atoms with Gasteiger partial charge in [0.25, 0.3) is 0 Å². The zero-order valence-corrected chi connectivity index (χ0v) is 17.7. The van der Waals surface area contributed by atoms with Gasteiger partial charge >= 0.3 is 13.6 Å². The SMILES string of the molecule is CP(=O)(O)OC[C@H]1O[C@@H](n2cnc3c(NC(=O)NC4CCCC4)ncnc32)[C@@H](O)C1O. The Balaban J connectivity index is 1.50. The van der Waals surface area contributed by atoms with Crippen LogP contribution in [-0.2, 0) is 13.8 Å². The van der Waals surface area contributed by atoms with Crippen LogP contribution in [0.5, 0.6) is 0 Å². The average Bonchev–Trinajstić information content (AvgIpc) is 3.42. The fourth-order valence-corrected chi connectivity index (χ4v) is 4.26. The monoisotopic (exact) mass is 456 g/mol. The molecule has 2 unspecified atom stereocenters. The van der Waals surface area contributed by atoms with Gasteiger partial charge in [0.05, 0.1) is 12.9 Å². The van der Waals surface area contributed by atoms with E-state index < -0.39 is 32.1 Å². The maximum atomic E-state index is 12.3. The van der Waals surface area contributed by atoms with Crippen LogP contribution in [0.1, 0.15) is 31.9 Å². The Kier molecular flexibility index (Phi) is 6.24. The molecule has 3 heterocycles. The van der Waals surface area contributed by atoms with Crippen molar-refractivity contribution in [3.8, 4) is 0 Å². The van der Waals surface area contributed by atoms with Gasteiger partial charge in [-0.3, -0.25) is 14.4 Å². The first-order valence-electron chi connectivity index (χ1n) is 9.94. The first kappa shape index (κ1) is 22.1. The van der Waals surface area contributed by atoms with Crippen LogP contribution in [-0.4, -0.2) is 78.3 Å². The molecule has 1 saturated heterocycles. The molecule has 170 valence electrons. The Bertz CT molecular complexity index is 991. The van der Waals surface area contributed by atoms with Gasteiger partial charge in [-0.05, 0) is 12.8 Å². The quantitative estimate of drug-likeness (QED) is 0.380. The Morgan fingerprint density at radius 2 is 2.03 bits per heavy atom. The van der Waals surface area contributed by atoms with Crippen LogP contribution in [0, 0.1) is 0 Å². The summed E-state index contributed by atoms with van der Waals surface area (Å²) in [4.78, 5) is 34.0. The zero-order chi connectivity index (χ0) is 22.2. The minimum absolute atomic E-state index is 0.134. The maximum Gasteiger partial charge on any atom is 0.325 e. The number of carbonyl (C=O) groups is 1. The van der Waals surface area contributed by atoms with E-state index in [0.29, 0.717) is 0 Å². The van der Waals surface area contributed by atoms with Crippen molar-refractivity contribution >= 4 is 30.6 Å². The number of aliphatic hydroxyl groups is 2. The number of rotatable bonds is 6. The van der Waals surface area contributed by atoms with E-state index in [4.69, 9.17) is 9.26 Å². The van der Waals surface area contributed by atoms with Crippen LogP contribution in [0.15, 0.2) is 12.7 Å². The number of urea groups is 1. The molecule has 2 amide bonds. The summed E-state index contributed by atoms with van der Waals surface area (Å²) in [6.45, 7) is 0.634. The highest BCUT2D eigenvalue weighted by molar-refractivity contribution is 7.51. The first-order chi connectivity index (χ1) is 14.7. The third-order valence-corrected chi connectivity index (χ3v) is 6.00. The lowest BCUT2D eigenvalue weighted by Gasteiger charge is -2.17. The van der Waals surface area contributed by atoms with E-state index in [0.717, 1.165) is 32.3 Å². The summed E-state index contributed by atoms with van der Waals surface area (Å²) < 4.78 is 23.2. The number of carbonyl (C=O) groups excluding carboxylic acids is 1. The number of anilines is 1. The summed E-state index contributed by atoms with van der Waals surface area (Å²) in [5.74, 6) is 0.194. The second-order valence-electron chi connectivity index (χ2n) is 7.77. The van der Waals surface area contributed by atoms with Gasteiger partial charge in [0, 0.05) is 12.7 Å². The summed E-state index contributed by atoms with van der Waals surface area (Å²) in [5.41, 5.74) is 0.551. The second-order valence-corrected chi connectivity index (χ2v) is 9.64. The Morgan fingerprint density at radius 1 is 1.29 bits per heavy atom. The summed E-state index contributed by atoms with van der Waals surface area (Å²) >= 11 is 0. The van der Waals surface area contributed by atoms with Crippen LogP contribution >= 0.6 is 7.60 Å². The number of imidazole rings is 1. The fourth-order valence-electron chi connectivity index (χ4n) is 3.84. The molecule has 1 saturated carbocycles. The lowest BCUT2D eigenvalue weighted by molar-refractivity contribution is -0.0483. The molecule has 1 aliphatic heterocycles. The Hall–Kier alpha value is -2.15. The van der Waals surface area contributed by atoms with Crippen molar-refractivity contribution in [1.82, 2.24) is 24.8 Å². The molecule has 0 spiro atoms. The molecule has 2 aromatic heterocycles. The molecular formula is C17H25N6O7P. The fraction of sp³-hybridized carbons (Fsp3) is 0.647. The molecule has 0 bridgehead atoms. The predicted molar refractivity (Wildman–Crippen MR) is 107 cm³/mol. The molecule has 0 radical (unpaired) electrons. The highest BCUT2D eigenvalue weighted by atomic mass is 31.2. The summed E-state index contributed by atoms with van der Waals surface area (Å²) in [7, 11) is -3.77. The summed E-state index contributed by atoms with van der Waals surface area (Å²) in [5, 5.41) is 26.2. The van der Waals surface area contributed by atoms with Crippen molar-refractivity contribution in [2.45, 2.75) is 56.3 Å². The van der Waals surface area contributed by atoms with Crippen molar-refractivity contribution in [3.05, 3.63) is 12.7 Å². The van der Waals surface area contributed by atoms with E-state index in [1.165, 1.54) is 17.2 Å². The molecule has 1 aliphatic carbocycles. The number of hydrogen-bond acceptors (Lipinski definition) is 9. The smallest absolute Gasteiger partial charge is 0.325 e. The van der Waals surface area contributed by atoms with Crippen molar-refractivity contribution in [2.75, 3.05) is 18.6 Å². The first-order valence-corrected chi connectivity index (χ1v) is 12.0. The number of nitrogens with zero attached hydrogens (tertiary/aromatic N) is 4. The summed E-state index contributed by atoms with van der Waals surface area (Å²) in [6.07, 6.45) is 1.82. The molecule has 2 aliphatic rings. The molecule has 0 aromatic carbocycles. The topological polar surface area (TPSA) is 181 Å². The van der Waals surface area contributed by atoms with E-state index in [1.807, 2.05) is 0 Å². The number of nitrogens with one attached hydrogen (secondary N) is 2. The van der Waals surface area contributed by atoms with E-state index in [2.05, 4.69) is 25.6 Å². The number of aromatic nitrogens is 4. The minimum Gasteiger partial charge on any atom is -0.387 e. The maximum absolute atomic E-state index is 12.3. The number of hydrogen-bond donors (Lipinski definition) is 5. The molecule has 13 nitrogen and oxygen atoms in total. The molecule has 2 aromatic rings. The van der Waals surface area contributed by atoms with E-state index in [-0.39, 0.29) is 35.7 Å². The van der Waals surface area contributed by atoms with Gasteiger partial charge < -0.3 is 29.7 Å². The molecule has 5 atom stereocenters. The Morgan fingerprint density at radius 3 is 2.74 bits per heavy atom. The summed E-state index contributed by atoms with van der Waals surface area (Å²) in [6, 6.07) is -0.255. The molecule has 14 heteroatoms. The van der Waals surface area contributed by atoms with Crippen LogP contribution in [0.4, 0.5) is 10.6 Å². The van der Waals surface area contributed by atoms with Crippen molar-refractivity contribution in [1.29, 1.82) is 0 Å². The van der Waals surface area contributed by atoms with Crippen LogP contribution in [0.2, 0.25) is 0 Å². The standard InChI is InChI=1S/C17H25N6O7P/c1-31(27,28)29-6-10-12(24)13(25)16(30-10)23-8-20-11-14(18-7-19-15(11)23)22-17(26)21-9-4-2-3-5-9/h7-10,12-13,16,24-25H,2-6H2,1H3,(H,27,28)(H2,18,19,21,22,26)/t10-,12?,13+,16-/m1/s1. The van der Waals surface area contributed by atoms with Gasteiger partial charge in [0.15, 0.2) is 23.2 Å². The second kappa shape index (κ2) is 8.77. The van der Waals surface area contributed by atoms with Gasteiger partial charge in [-0.25, -0.2) is 19.7 Å². The number of amides is 2. The van der Waals surface area contributed by atoms with Gasteiger partial charge in [0.2, 0.25) is 0 Å². The van der Waals surface area contributed by atoms with Crippen molar-refractivity contribution < 1.29 is 33.7 Å². The predicted octanol–water partition coefficient (Wildman–Crippen LogP) is 0.341. The van der Waals surface area contributed by atoms with Crippen molar-refractivity contribution in [2.24, 2.45) is 0 Å². The highest BCUT2D eigenvalue weighted by Gasteiger charge is 2.45.